The van der Waals surface area contributed by atoms with Gasteiger partial charge in [0.1, 0.15) is 18.6 Å². The van der Waals surface area contributed by atoms with Gasteiger partial charge in [0.25, 0.3) is 11.8 Å². The van der Waals surface area contributed by atoms with E-state index in [1.54, 1.807) is 6.92 Å². The van der Waals surface area contributed by atoms with Crippen molar-refractivity contribution in [2.75, 3.05) is 26.9 Å². The van der Waals surface area contributed by atoms with Gasteiger partial charge in [0.05, 0.1) is 32.5 Å². The van der Waals surface area contributed by atoms with Gasteiger partial charge in [-0.15, -0.1) is 0 Å². The average molecular weight is 624 g/mol. The Morgan fingerprint density at radius 2 is 1.51 bits per heavy atom. The topological polar surface area (TPSA) is 166 Å². The predicted molar refractivity (Wildman–Crippen MR) is 163 cm³/mol. The van der Waals surface area contributed by atoms with Crippen LogP contribution in [0.3, 0.4) is 0 Å². The molecule has 1 fully saturated rings. The second kappa shape index (κ2) is 18.3. The van der Waals surface area contributed by atoms with Gasteiger partial charge in [0.15, 0.2) is 0 Å². The van der Waals surface area contributed by atoms with Crippen LogP contribution in [0.5, 0.6) is 0 Å². The molecule has 0 unspecified atom stereocenters. The number of benzene rings is 2. The summed E-state index contributed by atoms with van der Waals surface area (Å²) in [5, 5.41) is 7.60. The molecule has 1 aliphatic rings. The van der Waals surface area contributed by atoms with E-state index in [9.17, 15) is 28.8 Å². The number of Topliss-reactive ketones (excluding diaryl/α,β-unsaturated/α-hetero) is 1. The number of nitrogens with one attached hydrogen (secondary N) is 3. The van der Waals surface area contributed by atoms with Crippen molar-refractivity contribution in [3.05, 3.63) is 71.3 Å². The van der Waals surface area contributed by atoms with Crippen molar-refractivity contribution < 1.29 is 43.0 Å². The molecule has 0 aromatic heterocycles. The number of ketones is 1. The number of carbonyl (C=O) groups is 6. The predicted octanol–water partition coefficient (Wildman–Crippen LogP) is 2.49. The van der Waals surface area contributed by atoms with Gasteiger partial charge >= 0.3 is 11.9 Å². The second-order valence-corrected chi connectivity index (χ2v) is 10.7. The first-order chi connectivity index (χ1) is 21.7. The van der Waals surface area contributed by atoms with Crippen molar-refractivity contribution in [3.63, 3.8) is 0 Å². The molecular weight excluding hydrogens is 582 g/mol. The number of amides is 3. The first-order valence-electron chi connectivity index (χ1n) is 15.1. The molecule has 3 N–H and O–H groups in total. The number of esters is 2. The van der Waals surface area contributed by atoms with Crippen LogP contribution in [0.25, 0.3) is 0 Å². The van der Waals surface area contributed by atoms with Crippen LogP contribution in [0.15, 0.2) is 54.6 Å². The van der Waals surface area contributed by atoms with E-state index in [-0.39, 0.29) is 36.9 Å². The Kier molecular flexibility index (Phi) is 14.2. The van der Waals surface area contributed by atoms with Gasteiger partial charge in [-0.3, -0.25) is 24.0 Å². The molecule has 0 bridgehead atoms. The highest BCUT2D eigenvalue weighted by molar-refractivity contribution is 6.38. The molecule has 12 heteroatoms. The first-order valence-corrected chi connectivity index (χ1v) is 15.1. The van der Waals surface area contributed by atoms with E-state index in [4.69, 9.17) is 14.2 Å². The maximum atomic E-state index is 13.7. The fraction of sp³-hybridized carbons (Fsp3) is 0.455. The summed E-state index contributed by atoms with van der Waals surface area (Å²) in [4.78, 5) is 76.2. The summed E-state index contributed by atoms with van der Waals surface area (Å²) in [5.74, 6) is -4.38. The maximum absolute atomic E-state index is 13.7. The molecule has 1 saturated carbocycles. The lowest BCUT2D eigenvalue weighted by Crippen LogP contribution is -2.56. The van der Waals surface area contributed by atoms with E-state index in [1.807, 2.05) is 30.3 Å². The summed E-state index contributed by atoms with van der Waals surface area (Å²) in [6, 6.07) is 12.5. The van der Waals surface area contributed by atoms with Gasteiger partial charge in [0.2, 0.25) is 11.7 Å². The molecule has 0 heterocycles. The lowest BCUT2D eigenvalue weighted by molar-refractivity contribution is -0.146. The third kappa shape index (κ3) is 11.5. The van der Waals surface area contributed by atoms with Crippen LogP contribution in [-0.2, 0) is 40.0 Å². The molecule has 2 aromatic carbocycles. The van der Waals surface area contributed by atoms with Crippen LogP contribution in [0.1, 0.15) is 71.7 Å². The normalized spacial score (nSPS) is 14.4. The molecule has 45 heavy (non-hydrogen) atoms. The van der Waals surface area contributed by atoms with E-state index < -0.39 is 54.1 Å². The van der Waals surface area contributed by atoms with E-state index in [0.29, 0.717) is 6.42 Å². The van der Waals surface area contributed by atoms with Crippen molar-refractivity contribution >= 4 is 35.4 Å². The average Bonchev–Trinajstić information content (AvgIpc) is 3.06. The number of carbonyl (C=O) groups excluding carboxylic acids is 6. The maximum Gasteiger partial charge on any atom is 0.337 e. The molecular formula is C33H41N3O9. The van der Waals surface area contributed by atoms with Gasteiger partial charge in [0, 0.05) is 5.56 Å². The Bertz CT molecular complexity index is 1310. The Balaban J connectivity index is 1.76. The zero-order valence-corrected chi connectivity index (χ0v) is 25.7. The second-order valence-electron chi connectivity index (χ2n) is 10.7. The number of rotatable bonds is 16. The molecule has 2 aromatic rings. The number of hydrogen-bond acceptors (Lipinski definition) is 9. The highest BCUT2D eigenvalue weighted by Gasteiger charge is 2.32. The quantitative estimate of drug-likeness (QED) is 0.188. The highest BCUT2D eigenvalue weighted by Crippen LogP contribution is 2.27. The monoisotopic (exact) mass is 623 g/mol. The molecule has 0 saturated heterocycles. The minimum Gasteiger partial charge on any atom is -0.465 e. The highest BCUT2D eigenvalue weighted by atomic mass is 16.5. The van der Waals surface area contributed by atoms with Crippen molar-refractivity contribution in [1.29, 1.82) is 0 Å². The molecule has 1 aliphatic carbocycles. The molecule has 242 valence electrons. The van der Waals surface area contributed by atoms with Gasteiger partial charge in [-0.25, -0.2) is 4.79 Å². The zero-order chi connectivity index (χ0) is 32.6. The van der Waals surface area contributed by atoms with Crippen molar-refractivity contribution in [2.45, 2.75) is 64.1 Å². The first kappa shape index (κ1) is 34.9. The third-order valence-electron chi connectivity index (χ3n) is 7.44. The molecule has 3 amide bonds. The summed E-state index contributed by atoms with van der Waals surface area (Å²) in [7, 11) is 1.26. The van der Waals surface area contributed by atoms with E-state index >= 15 is 0 Å². The van der Waals surface area contributed by atoms with Crippen LogP contribution in [0.4, 0.5) is 0 Å². The number of hydrogen-bond donors (Lipinski definition) is 3. The molecule has 0 aliphatic heterocycles. The molecule has 0 spiro atoms. The molecule has 2 atom stereocenters. The lowest BCUT2D eigenvalue weighted by atomic mass is 9.84. The van der Waals surface area contributed by atoms with E-state index in [0.717, 1.165) is 37.7 Å². The van der Waals surface area contributed by atoms with Crippen molar-refractivity contribution in [2.24, 2.45) is 5.92 Å². The van der Waals surface area contributed by atoms with Crippen LogP contribution in [-0.4, -0.2) is 74.4 Å². The minimum atomic E-state index is -1.39. The summed E-state index contributed by atoms with van der Waals surface area (Å²) in [6.07, 6.45) is 5.24. The van der Waals surface area contributed by atoms with Crippen LogP contribution < -0.4 is 16.0 Å². The van der Waals surface area contributed by atoms with Gasteiger partial charge < -0.3 is 30.2 Å². The summed E-state index contributed by atoms with van der Waals surface area (Å²) < 4.78 is 15.2. The Morgan fingerprint density at radius 3 is 2.16 bits per heavy atom. The Labute approximate surface area is 262 Å². The standard InChI is InChI=1S/C33H41N3O9/c1-3-45-28(37)19-34-32(41)29(38)27(21-44-20-23-12-8-5-9-13-23)36-31(40)26(18-22-10-6-4-7-11-22)35-30(39)24-14-16-25(17-15-24)33(42)43-2/h5,8-9,12-17,22,26-27H,3-4,6-7,10-11,18-21H2,1-2H3,(H,34,41)(H,35,39)(H,36,40)/t26-,27-/m0/s1. The SMILES string of the molecule is CCOC(=O)CNC(=O)C(=O)[C@H](COCc1ccccc1)NC(=O)[C@H](CC1CCCCC1)NC(=O)c1ccc(C(=O)OC)cc1. The van der Waals surface area contributed by atoms with Crippen molar-refractivity contribution in [3.8, 4) is 0 Å². The summed E-state index contributed by atoms with van der Waals surface area (Å²) >= 11 is 0. The third-order valence-corrected chi connectivity index (χ3v) is 7.44. The molecule has 3 rings (SSSR count). The van der Waals surface area contributed by atoms with Crippen LogP contribution in [0.2, 0.25) is 0 Å². The molecule has 12 nitrogen and oxygen atoms in total. The Hall–Kier alpha value is -4.58. The Morgan fingerprint density at radius 1 is 0.844 bits per heavy atom. The number of ether oxygens (including phenoxy) is 3. The van der Waals surface area contributed by atoms with Gasteiger partial charge in [-0.1, -0.05) is 62.4 Å². The smallest absolute Gasteiger partial charge is 0.337 e. The summed E-state index contributed by atoms with van der Waals surface area (Å²) in [5.41, 5.74) is 1.31. The number of methoxy groups -OCH3 is 1. The van der Waals surface area contributed by atoms with Gasteiger partial charge in [-0.2, -0.15) is 0 Å². The minimum absolute atomic E-state index is 0.109. The fourth-order valence-corrected chi connectivity index (χ4v) is 5.04. The van der Waals surface area contributed by atoms with Crippen LogP contribution in [0, 0.1) is 5.92 Å². The van der Waals surface area contributed by atoms with E-state index in [1.165, 1.54) is 31.4 Å². The van der Waals surface area contributed by atoms with Gasteiger partial charge in [-0.05, 0) is 49.1 Å². The largest absolute Gasteiger partial charge is 0.465 e. The van der Waals surface area contributed by atoms with Crippen molar-refractivity contribution in [1.82, 2.24) is 16.0 Å². The fourth-order valence-electron chi connectivity index (χ4n) is 5.04. The van der Waals surface area contributed by atoms with Crippen LogP contribution >= 0.6 is 0 Å². The van der Waals surface area contributed by atoms with E-state index in [2.05, 4.69) is 16.0 Å². The molecule has 0 radical (unpaired) electrons. The lowest BCUT2D eigenvalue weighted by Gasteiger charge is -2.28. The summed E-state index contributed by atoms with van der Waals surface area (Å²) in [6.45, 7) is 0.998. The zero-order valence-electron chi connectivity index (χ0n) is 25.7.